The summed E-state index contributed by atoms with van der Waals surface area (Å²) in [7, 11) is 0. The minimum absolute atomic E-state index is 0.0301. The number of thiophene rings is 1. The summed E-state index contributed by atoms with van der Waals surface area (Å²) in [5.74, 6) is 0. The first-order chi connectivity index (χ1) is 23.2. The van der Waals surface area contributed by atoms with E-state index in [0.717, 1.165) is 24.2 Å². The van der Waals surface area contributed by atoms with Gasteiger partial charge in [0.1, 0.15) is 0 Å². The topological polar surface area (TPSA) is 3.24 Å². The number of para-hydroxylation sites is 1. The number of anilines is 3. The van der Waals surface area contributed by atoms with Crippen LogP contribution in [-0.2, 0) is 5.41 Å². The van der Waals surface area contributed by atoms with Crippen LogP contribution in [0.1, 0.15) is 37.8 Å². The Morgan fingerprint density at radius 2 is 1.09 bits per heavy atom. The van der Waals surface area contributed by atoms with Crippen molar-refractivity contribution in [2.24, 2.45) is 0 Å². The van der Waals surface area contributed by atoms with Crippen LogP contribution in [-0.4, -0.2) is 0 Å². The zero-order chi connectivity index (χ0) is 31.5. The summed E-state index contributed by atoms with van der Waals surface area (Å²) in [5, 5.41) is 5.31. The molecule has 2 heteroatoms. The van der Waals surface area contributed by atoms with Gasteiger partial charge in [-0.3, -0.25) is 0 Å². The Morgan fingerprint density at radius 1 is 0.468 bits per heavy atom. The SMILES string of the molecule is CCC1(CC)c2ccccc2-c2ccc(N(c3ccccc3)c3ccc(-c4cccc5c4ccc4c6ccccc6sc54)cc3)cc21. The summed E-state index contributed by atoms with van der Waals surface area (Å²) < 4.78 is 2.71. The van der Waals surface area contributed by atoms with E-state index >= 15 is 0 Å². The lowest BCUT2D eigenvalue weighted by Gasteiger charge is -2.31. The molecule has 8 aromatic rings. The molecule has 1 heterocycles. The third-order valence-corrected chi connectivity index (χ3v) is 11.8. The lowest BCUT2D eigenvalue weighted by molar-refractivity contribution is 0.490. The van der Waals surface area contributed by atoms with Gasteiger partial charge in [0.2, 0.25) is 0 Å². The van der Waals surface area contributed by atoms with Crippen LogP contribution in [0.5, 0.6) is 0 Å². The average Bonchev–Trinajstić information content (AvgIpc) is 3.66. The second kappa shape index (κ2) is 11.0. The number of nitrogens with zero attached hydrogens (tertiary/aromatic N) is 1. The van der Waals surface area contributed by atoms with E-state index in [0.29, 0.717) is 0 Å². The Hall–Kier alpha value is -5.18. The first kappa shape index (κ1) is 28.1. The zero-order valence-electron chi connectivity index (χ0n) is 26.7. The highest BCUT2D eigenvalue weighted by Crippen LogP contribution is 2.54. The van der Waals surface area contributed by atoms with Gasteiger partial charge in [-0.05, 0) is 94.1 Å². The van der Waals surface area contributed by atoms with Crippen LogP contribution in [0.15, 0.2) is 152 Å². The van der Waals surface area contributed by atoms with Gasteiger partial charge in [-0.15, -0.1) is 11.3 Å². The number of benzene rings is 7. The molecule has 0 amide bonds. The van der Waals surface area contributed by atoms with Crippen LogP contribution < -0.4 is 4.90 Å². The number of hydrogen-bond donors (Lipinski definition) is 0. The fourth-order valence-electron chi connectivity index (χ4n) is 8.20. The smallest absolute Gasteiger partial charge is 0.0465 e. The Balaban J connectivity index is 1.16. The summed E-state index contributed by atoms with van der Waals surface area (Å²) in [6, 6.07) is 56.2. The Kier molecular flexibility index (Phi) is 6.55. The molecule has 0 atom stereocenters. The highest BCUT2D eigenvalue weighted by molar-refractivity contribution is 7.26. The van der Waals surface area contributed by atoms with Crippen LogP contribution >= 0.6 is 11.3 Å². The molecule has 0 spiro atoms. The van der Waals surface area contributed by atoms with Crippen molar-refractivity contribution in [3.63, 3.8) is 0 Å². The predicted octanol–water partition coefficient (Wildman–Crippen LogP) is 13.4. The molecule has 7 aromatic carbocycles. The number of rotatable bonds is 6. The van der Waals surface area contributed by atoms with Gasteiger partial charge in [-0.25, -0.2) is 0 Å². The standard InChI is InChI=1S/C45H35NS/c1-3-45(4-2)41-19-10-8-15-36(41)37-26-25-33(29-42(37)45)46(31-13-6-5-7-14-31)32-23-21-30(22-24-32)34-17-12-18-39-35(34)27-28-40-38-16-9-11-20-43(38)47-44(39)40/h5-29H,3-4H2,1-2H3. The van der Waals surface area contributed by atoms with E-state index in [9.17, 15) is 0 Å². The number of hydrogen-bond acceptors (Lipinski definition) is 2. The molecule has 0 N–H and O–H groups in total. The predicted molar refractivity (Wildman–Crippen MR) is 204 cm³/mol. The molecule has 0 aliphatic heterocycles. The third kappa shape index (κ3) is 4.21. The maximum atomic E-state index is 2.46. The fraction of sp³-hybridized carbons (Fsp3) is 0.111. The molecule has 1 aliphatic rings. The first-order valence-electron chi connectivity index (χ1n) is 16.7. The molecule has 0 fully saturated rings. The van der Waals surface area contributed by atoms with E-state index in [-0.39, 0.29) is 5.41 Å². The summed E-state index contributed by atoms with van der Waals surface area (Å²) >= 11 is 1.90. The Labute approximate surface area is 280 Å². The maximum Gasteiger partial charge on any atom is 0.0465 e. The largest absolute Gasteiger partial charge is 0.310 e. The van der Waals surface area contributed by atoms with Crippen molar-refractivity contribution in [2.75, 3.05) is 4.90 Å². The van der Waals surface area contributed by atoms with E-state index in [1.807, 2.05) is 11.3 Å². The summed E-state index contributed by atoms with van der Waals surface area (Å²) in [4.78, 5) is 2.41. The van der Waals surface area contributed by atoms with Crippen LogP contribution in [0.25, 0.3) is 53.2 Å². The molecule has 1 nitrogen and oxygen atoms in total. The van der Waals surface area contributed by atoms with Crippen molar-refractivity contribution < 1.29 is 0 Å². The average molecular weight is 622 g/mol. The van der Waals surface area contributed by atoms with Crippen LogP contribution in [0, 0.1) is 0 Å². The minimum Gasteiger partial charge on any atom is -0.310 e. The Morgan fingerprint density at radius 3 is 1.91 bits per heavy atom. The van der Waals surface area contributed by atoms with Crippen molar-refractivity contribution in [3.8, 4) is 22.3 Å². The molecular weight excluding hydrogens is 587 g/mol. The van der Waals surface area contributed by atoms with Gasteiger partial charge >= 0.3 is 0 Å². The highest BCUT2D eigenvalue weighted by Gasteiger charge is 2.40. The molecule has 0 unspecified atom stereocenters. The fourth-order valence-corrected chi connectivity index (χ4v) is 9.43. The molecule has 1 aliphatic carbocycles. The van der Waals surface area contributed by atoms with Crippen LogP contribution in [0.3, 0.4) is 0 Å². The van der Waals surface area contributed by atoms with Gasteiger partial charge in [0, 0.05) is 48.0 Å². The van der Waals surface area contributed by atoms with E-state index < -0.39 is 0 Å². The minimum atomic E-state index is 0.0301. The zero-order valence-corrected chi connectivity index (χ0v) is 27.5. The summed E-state index contributed by atoms with van der Waals surface area (Å²) in [6.07, 6.45) is 2.16. The van der Waals surface area contributed by atoms with Gasteiger partial charge in [-0.1, -0.05) is 123 Å². The summed E-state index contributed by atoms with van der Waals surface area (Å²) in [5.41, 5.74) is 11.7. The van der Waals surface area contributed by atoms with Gasteiger partial charge in [0.15, 0.2) is 0 Å². The third-order valence-electron chi connectivity index (χ3n) is 10.6. The van der Waals surface area contributed by atoms with Crippen molar-refractivity contribution in [1.29, 1.82) is 0 Å². The van der Waals surface area contributed by atoms with E-state index in [4.69, 9.17) is 0 Å². The maximum absolute atomic E-state index is 2.46. The van der Waals surface area contributed by atoms with Crippen molar-refractivity contribution in [3.05, 3.63) is 163 Å². The molecular formula is C45H35NS. The molecule has 0 saturated carbocycles. The molecule has 226 valence electrons. The monoisotopic (exact) mass is 621 g/mol. The second-order valence-corrected chi connectivity index (χ2v) is 13.8. The number of fused-ring (bicyclic) bond motifs is 8. The van der Waals surface area contributed by atoms with E-state index in [1.165, 1.54) is 70.0 Å². The van der Waals surface area contributed by atoms with Gasteiger partial charge < -0.3 is 4.90 Å². The quantitative estimate of drug-likeness (QED) is 0.179. The van der Waals surface area contributed by atoms with Gasteiger partial charge in [-0.2, -0.15) is 0 Å². The molecule has 0 bridgehead atoms. The molecule has 0 radical (unpaired) electrons. The van der Waals surface area contributed by atoms with Gasteiger partial charge in [0.05, 0.1) is 0 Å². The lowest BCUT2D eigenvalue weighted by Crippen LogP contribution is -2.23. The molecule has 9 rings (SSSR count). The normalized spacial score (nSPS) is 13.2. The highest BCUT2D eigenvalue weighted by atomic mass is 32.1. The van der Waals surface area contributed by atoms with Gasteiger partial charge in [0.25, 0.3) is 0 Å². The van der Waals surface area contributed by atoms with Crippen molar-refractivity contribution in [1.82, 2.24) is 0 Å². The lowest BCUT2D eigenvalue weighted by atomic mass is 9.74. The molecule has 0 saturated heterocycles. The van der Waals surface area contributed by atoms with E-state index in [1.54, 1.807) is 0 Å². The van der Waals surface area contributed by atoms with Crippen LogP contribution in [0.4, 0.5) is 17.1 Å². The van der Waals surface area contributed by atoms with E-state index in [2.05, 4.69) is 170 Å². The summed E-state index contributed by atoms with van der Waals surface area (Å²) in [6.45, 7) is 4.68. The second-order valence-electron chi connectivity index (χ2n) is 12.7. The van der Waals surface area contributed by atoms with Crippen LogP contribution in [0.2, 0.25) is 0 Å². The first-order valence-corrected chi connectivity index (χ1v) is 17.5. The van der Waals surface area contributed by atoms with Crippen molar-refractivity contribution in [2.45, 2.75) is 32.1 Å². The van der Waals surface area contributed by atoms with Crippen molar-refractivity contribution >= 4 is 59.3 Å². The molecule has 1 aromatic heterocycles. The molecule has 47 heavy (non-hydrogen) atoms. The Bertz CT molecular complexity index is 2430.